The highest BCUT2D eigenvalue weighted by molar-refractivity contribution is 5.96. The Morgan fingerprint density at radius 3 is 2.52 bits per heavy atom. The number of halogens is 4. The first-order valence-electron chi connectivity index (χ1n) is 7.69. The minimum absolute atomic E-state index is 0.116. The lowest BCUT2D eigenvalue weighted by atomic mass is 9.50. The quantitative estimate of drug-likeness (QED) is 0.804. The van der Waals surface area contributed by atoms with E-state index in [0.717, 1.165) is 31.6 Å². The molecule has 2 bridgehead atoms. The van der Waals surface area contributed by atoms with E-state index in [9.17, 15) is 22.4 Å². The molecular formula is C16H16F4N2O. The molecule has 1 amide bonds. The normalized spacial score (nSPS) is 33.2. The van der Waals surface area contributed by atoms with Gasteiger partial charge in [-0.15, -0.1) is 0 Å². The van der Waals surface area contributed by atoms with Crippen LogP contribution in [0, 0.1) is 23.1 Å². The average Bonchev–Trinajstić information content (AvgIpc) is 2.87. The van der Waals surface area contributed by atoms with Crippen molar-refractivity contribution in [2.45, 2.75) is 19.0 Å². The van der Waals surface area contributed by atoms with E-state index in [1.807, 2.05) is 0 Å². The number of hydrogen-bond donors (Lipinski definition) is 1. The largest absolute Gasteiger partial charge is 0.419 e. The topological polar surface area (TPSA) is 32.3 Å². The lowest BCUT2D eigenvalue weighted by Crippen LogP contribution is -2.62. The van der Waals surface area contributed by atoms with E-state index in [2.05, 4.69) is 5.32 Å². The molecular weight excluding hydrogens is 312 g/mol. The SMILES string of the molecule is O=C1CC2(CN1c1ccc(F)c(C(F)(F)F)c1)C1CNCC2C1. The van der Waals surface area contributed by atoms with Gasteiger partial charge in [0.25, 0.3) is 0 Å². The van der Waals surface area contributed by atoms with Crippen molar-refractivity contribution in [1.82, 2.24) is 5.32 Å². The summed E-state index contributed by atoms with van der Waals surface area (Å²) in [5.41, 5.74) is -1.30. The summed E-state index contributed by atoms with van der Waals surface area (Å²) in [4.78, 5) is 13.8. The van der Waals surface area contributed by atoms with E-state index in [0.29, 0.717) is 24.8 Å². The van der Waals surface area contributed by atoms with Crippen molar-refractivity contribution in [3.05, 3.63) is 29.6 Å². The maximum atomic E-state index is 13.4. The number of hydrogen-bond acceptors (Lipinski definition) is 2. The van der Waals surface area contributed by atoms with Crippen molar-refractivity contribution in [2.75, 3.05) is 24.5 Å². The van der Waals surface area contributed by atoms with Crippen LogP contribution in [0.5, 0.6) is 0 Å². The molecule has 124 valence electrons. The second-order valence-electron chi connectivity index (χ2n) is 6.84. The maximum Gasteiger partial charge on any atom is 0.419 e. The highest BCUT2D eigenvalue weighted by Gasteiger charge is 2.61. The molecule has 1 aromatic carbocycles. The minimum atomic E-state index is -4.77. The fourth-order valence-electron chi connectivity index (χ4n) is 4.49. The van der Waals surface area contributed by atoms with Crippen LogP contribution in [0.2, 0.25) is 0 Å². The average molecular weight is 328 g/mol. The third kappa shape index (κ3) is 2.09. The summed E-state index contributed by atoms with van der Waals surface area (Å²) in [6, 6.07) is 2.80. The van der Waals surface area contributed by atoms with Crippen molar-refractivity contribution in [3.63, 3.8) is 0 Å². The molecule has 2 heterocycles. The van der Waals surface area contributed by atoms with Crippen LogP contribution in [0.4, 0.5) is 23.2 Å². The number of piperidine rings is 2. The molecule has 3 aliphatic rings. The fourth-order valence-corrected chi connectivity index (χ4v) is 4.49. The Bertz CT molecular complexity index is 659. The summed E-state index contributed by atoms with van der Waals surface area (Å²) in [5.74, 6) is -0.677. The Labute approximate surface area is 130 Å². The molecule has 3 fully saturated rings. The Hall–Kier alpha value is -1.63. The van der Waals surface area contributed by atoms with Gasteiger partial charge in [0.05, 0.1) is 5.56 Å². The third-order valence-electron chi connectivity index (χ3n) is 5.78. The number of rotatable bonds is 1. The van der Waals surface area contributed by atoms with Crippen LogP contribution in [-0.4, -0.2) is 25.5 Å². The number of carbonyl (C=O) groups is 1. The van der Waals surface area contributed by atoms with Gasteiger partial charge in [-0.05, 0) is 49.5 Å². The molecule has 4 rings (SSSR count). The smallest absolute Gasteiger partial charge is 0.316 e. The maximum absolute atomic E-state index is 13.4. The molecule has 7 heteroatoms. The molecule has 1 saturated carbocycles. The Kier molecular flexibility index (Phi) is 3.04. The zero-order chi connectivity index (χ0) is 16.4. The first-order chi connectivity index (χ1) is 10.8. The predicted octanol–water partition coefficient (Wildman–Crippen LogP) is 2.81. The van der Waals surface area contributed by atoms with E-state index in [4.69, 9.17) is 0 Å². The molecule has 1 spiro atoms. The van der Waals surface area contributed by atoms with Gasteiger partial charge in [0.15, 0.2) is 0 Å². The monoisotopic (exact) mass is 328 g/mol. The summed E-state index contributed by atoms with van der Waals surface area (Å²) in [5, 5.41) is 3.31. The van der Waals surface area contributed by atoms with Crippen LogP contribution < -0.4 is 10.2 Å². The molecule has 3 nitrogen and oxygen atoms in total. The predicted molar refractivity (Wildman–Crippen MR) is 75.3 cm³/mol. The summed E-state index contributed by atoms with van der Waals surface area (Å²) in [6.45, 7) is 2.15. The Balaban J connectivity index is 1.66. The molecule has 23 heavy (non-hydrogen) atoms. The van der Waals surface area contributed by atoms with Crippen LogP contribution in [0.1, 0.15) is 18.4 Å². The fraction of sp³-hybridized carbons (Fsp3) is 0.562. The Morgan fingerprint density at radius 2 is 1.91 bits per heavy atom. The van der Waals surface area contributed by atoms with Crippen molar-refractivity contribution in [1.29, 1.82) is 0 Å². The van der Waals surface area contributed by atoms with Gasteiger partial charge in [0.2, 0.25) is 5.91 Å². The third-order valence-corrected chi connectivity index (χ3v) is 5.78. The van der Waals surface area contributed by atoms with Crippen molar-refractivity contribution in [3.8, 4) is 0 Å². The van der Waals surface area contributed by atoms with E-state index < -0.39 is 17.6 Å². The van der Waals surface area contributed by atoms with E-state index in [1.54, 1.807) is 0 Å². The van der Waals surface area contributed by atoms with E-state index in [-0.39, 0.29) is 17.0 Å². The van der Waals surface area contributed by atoms with Crippen LogP contribution in [0.25, 0.3) is 0 Å². The lowest BCUT2D eigenvalue weighted by molar-refractivity contribution is -0.140. The molecule has 1 N–H and O–H groups in total. The van der Waals surface area contributed by atoms with Gasteiger partial charge in [-0.25, -0.2) is 4.39 Å². The van der Waals surface area contributed by atoms with Gasteiger partial charge in [0, 0.05) is 24.1 Å². The first-order valence-corrected chi connectivity index (χ1v) is 7.69. The molecule has 0 aromatic heterocycles. The highest BCUT2D eigenvalue weighted by atomic mass is 19.4. The van der Waals surface area contributed by atoms with Gasteiger partial charge in [-0.3, -0.25) is 4.79 Å². The van der Waals surface area contributed by atoms with Crippen molar-refractivity contribution in [2.24, 2.45) is 17.3 Å². The zero-order valence-corrected chi connectivity index (χ0v) is 12.3. The van der Waals surface area contributed by atoms with E-state index in [1.165, 1.54) is 11.0 Å². The number of amides is 1. The van der Waals surface area contributed by atoms with Gasteiger partial charge in [0.1, 0.15) is 5.82 Å². The molecule has 1 aliphatic carbocycles. The highest BCUT2D eigenvalue weighted by Crippen LogP contribution is 2.59. The molecule has 2 saturated heterocycles. The van der Waals surface area contributed by atoms with Crippen molar-refractivity contribution < 1.29 is 22.4 Å². The molecule has 2 atom stereocenters. The number of alkyl halides is 3. The zero-order valence-electron chi connectivity index (χ0n) is 12.3. The molecule has 2 aliphatic heterocycles. The van der Waals surface area contributed by atoms with Crippen LogP contribution >= 0.6 is 0 Å². The van der Waals surface area contributed by atoms with E-state index >= 15 is 0 Å². The van der Waals surface area contributed by atoms with Crippen LogP contribution in [-0.2, 0) is 11.0 Å². The molecule has 0 radical (unpaired) electrons. The van der Waals surface area contributed by atoms with Gasteiger partial charge in [-0.1, -0.05) is 0 Å². The summed E-state index contributed by atoms with van der Waals surface area (Å²) in [6.07, 6.45) is -3.31. The minimum Gasteiger partial charge on any atom is -0.316 e. The number of nitrogens with one attached hydrogen (secondary N) is 1. The summed E-state index contributed by atoms with van der Waals surface area (Å²) in [7, 11) is 0. The standard InChI is InChI=1S/C16H16F4N2O/c17-13-2-1-11(4-12(13)16(18,19)20)22-8-15(5-14(22)23)9-3-10(15)7-21-6-9/h1-2,4,9-10,21H,3,5-8H2. The van der Waals surface area contributed by atoms with Gasteiger partial charge < -0.3 is 10.2 Å². The van der Waals surface area contributed by atoms with Crippen LogP contribution in [0.3, 0.4) is 0 Å². The summed E-state index contributed by atoms with van der Waals surface area (Å²) < 4.78 is 52.1. The summed E-state index contributed by atoms with van der Waals surface area (Å²) >= 11 is 0. The second-order valence-corrected chi connectivity index (χ2v) is 6.84. The van der Waals surface area contributed by atoms with Gasteiger partial charge >= 0.3 is 6.18 Å². The number of nitrogens with zero attached hydrogens (tertiary/aromatic N) is 1. The van der Waals surface area contributed by atoms with Crippen molar-refractivity contribution >= 4 is 11.6 Å². The second kappa shape index (κ2) is 4.69. The number of carbonyl (C=O) groups excluding carboxylic acids is 1. The lowest BCUT2D eigenvalue weighted by Gasteiger charge is -2.58. The first kappa shape index (κ1) is 14.9. The Morgan fingerprint density at radius 1 is 1.22 bits per heavy atom. The number of anilines is 1. The number of benzene rings is 1. The molecule has 1 aromatic rings. The molecule has 2 unspecified atom stereocenters. The van der Waals surface area contributed by atoms with Gasteiger partial charge in [-0.2, -0.15) is 13.2 Å². The van der Waals surface area contributed by atoms with Crippen LogP contribution in [0.15, 0.2) is 18.2 Å².